The Hall–Kier alpha value is -2.32. The number of halogens is 1. The fraction of sp³-hybridized carbons (Fsp3) is 0.333. The van der Waals surface area contributed by atoms with Crippen LogP contribution in [-0.2, 0) is 10.0 Å². The summed E-state index contributed by atoms with van der Waals surface area (Å²) in [5, 5.41) is 4.49. The van der Waals surface area contributed by atoms with Gasteiger partial charge in [0, 0.05) is 22.3 Å². The van der Waals surface area contributed by atoms with E-state index in [1.54, 1.807) is 32.0 Å². The molecule has 0 bridgehead atoms. The fourth-order valence-corrected chi connectivity index (χ4v) is 4.74. The SMILES string of the molecule is Cc1ccc(NS(=O)(=O)c2c(C)[nH]c(C)c2-c2nc(C3CC3)no2)cc1Cl. The molecule has 1 aliphatic carbocycles. The van der Waals surface area contributed by atoms with E-state index in [1.807, 2.05) is 6.92 Å². The van der Waals surface area contributed by atoms with E-state index in [0.717, 1.165) is 18.4 Å². The van der Waals surface area contributed by atoms with Gasteiger partial charge in [-0.2, -0.15) is 4.98 Å². The highest BCUT2D eigenvalue weighted by molar-refractivity contribution is 7.93. The molecule has 0 saturated heterocycles. The molecule has 4 rings (SSSR count). The lowest BCUT2D eigenvalue weighted by molar-refractivity contribution is 0.421. The van der Waals surface area contributed by atoms with Crippen LogP contribution < -0.4 is 4.72 Å². The van der Waals surface area contributed by atoms with Gasteiger partial charge >= 0.3 is 0 Å². The largest absolute Gasteiger partial charge is 0.361 e. The summed E-state index contributed by atoms with van der Waals surface area (Å²) in [5.41, 5.74) is 2.81. The summed E-state index contributed by atoms with van der Waals surface area (Å²) in [7, 11) is -3.89. The Morgan fingerprint density at radius 1 is 1.22 bits per heavy atom. The smallest absolute Gasteiger partial charge is 0.264 e. The molecule has 2 heterocycles. The molecule has 0 amide bonds. The molecule has 1 aromatic carbocycles. The second-order valence-corrected chi connectivity index (χ2v) is 8.91. The molecule has 2 N–H and O–H groups in total. The number of hydrogen-bond acceptors (Lipinski definition) is 5. The van der Waals surface area contributed by atoms with Crippen molar-refractivity contribution in [1.82, 2.24) is 15.1 Å². The summed E-state index contributed by atoms with van der Waals surface area (Å²) >= 11 is 6.12. The fourth-order valence-electron chi connectivity index (χ4n) is 3.06. The first-order valence-electron chi connectivity index (χ1n) is 8.58. The molecular weight excluding hydrogens is 388 g/mol. The van der Waals surface area contributed by atoms with Crippen LogP contribution in [0, 0.1) is 20.8 Å². The number of hydrogen-bond donors (Lipinski definition) is 2. The average molecular weight is 407 g/mol. The Bertz CT molecular complexity index is 1130. The Balaban J connectivity index is 1.76. The van der Waals surface area contributed by atoms with Crippen molar-refractivity contribution in [2.45, 2.75) is 44.4 Å². The lowest BCUT2D eigenvalue weighted by atomic mass is 10.2. The van der Waals surface area contributed by atoms with Crippen molar-refractivity contribution >= 4 is 27.3 Å². The third kappa shape index (κ3) is 3.35. The van der Waals surface area contributed by atoms with Crippen molar-refractivity contribution < 1.29 is 12.9 Å². The van der Waals surface area contributed by atoms with Crippen molar-refractivity contribution in [3.05, 3.63) is 46.0 Å². The van der Waals surface area contributed by atoms with E-state index < -0.39 is 10.0 Å². The molecule has 1 fully saturated rings. The van der Waals surface area contributed by atoms with Gasteiger partial charge in [0.2, 0.25) is 0 Å². The van der Waals surface area contributed by atoms with Gasteiger partial charge in [0.05, 0.1) is 11.3 Å². The van der Waals surface area contributed by atoms with Crippen LogP contribution >= 0.6 is 11.6 Å². The van der Waals surface area contributed by atoms with Crippen molar-refractivity contribution in [3.8, 4) is 11.5 Å². The summed E-state index contributed by atoms with van der Waals surface area (Å²) in [6.07, 6.45) is 2.07. The van der Waals surface area contributed by atoms with Crippen molar-refractivity contribution in [3.63, 3.8) is 0 Å². The lowest BCUT2D eigenvalue weighted by Gasteiger charge is -2.10. The van der Waals surface area contributed by atoms with Gasteiger partial charge < -0.3 is 9.51 Å². The van der Waals surface area contributed by atoms with Crippen LogP contribution in [0.2, 0.25) is 5.02 Å². The molecule has 0 radical (unpaired) electrons. The summed E-state index contributed by atoms with van der Waals surface area (Å²) in [6.45, 7) is 5.34. The molecule has 0 atom stereocenters. The lowest BCUT2D eigenvalue weighted by Crippen LogP contribution is -2.14. The van der Waals surface area contributed by atoms with Gasteiger partial charge in [-0.25, -0.2) is 8.42 Å². The molecule has 3 aromatic rings. The minimum absolute atomic E-state index is 0.0997. The first kappa shape index (κ1) is 18.1. The highest BCUT2D eigenvalue weighted by Crippen LogP contribution is 2.40. The van der Waals surface area contributed by atoms with Crippen LogP contribution in [0.5, 0.6) is 0 Å². The van der Waals surface area contributed by atoms with Crippen molar-refractivity contribution in [2.75, 3.05) is 4.72 Å². The van der Waals surface area contributed by atoms with E-state index in [4.69, 9.17) is 16.1 Å². The average Bonchev–Trinajstić information content (AvgIpc) is 3.24. The number of benzene rings is 1. The highest BCUT2D eigenvalue weighted by atomic mass is 35.5. The maximum absolute atomic E-state index is 13.1. The molecule has 0 aliphatic heterocycles. The highest BCUT2D eigenvalue weighted by Gasteiger charge is 2.32. The van der Waals surface area contributed by atoms with Gasteiger partial charge in [-0.15, -0.1) is 0 Å². The van der Waals surface area contributed by atoms with E-state index in [1.165, 1.54) is 0 Å². The predicted octanol–water partition coefficient (Wildman–Crippen LogP) is 4.32. The van der Waals surface area contributed by atoms with Crippen molar-refractivity contribution in [1.29, 1.82) is 0 Å². The minimum Gasteiger partial charge on any atom is -0.361 e. The Morgan fingerprint density at radius 2 is 1.96 bits per heavy atom. The number of aromatic amines is 1. The van der Waals surface area contributed by atoms with Gasteiger partial charge in [-0.05, 0) is 51.3 Å². The molecule has 142 valence electrons. The van der Waals surface area contributed by atoms with Gasteiger partial charge in [-0.3, -0.25) is 4.72 Å². The summed E-state index contributed by atoms with van der Waals surface area (Å²) in [5.74, 6) is 1.15. The third-order valence-corrected chi connectivity index (χ3v) is 6.57. The van der Waals surface area contributed by atoms with Gasteiger partial charge in [0.15, 0.2) is 5.82 Å². The molecule has 1 aliphatic rings. The third-order valence-electron chi connectivity index (χ3n) is 4.61. The van der Waals surface area contributed by atoms with Crippen LogP contribution in [0.3, 0.4) is 0 Å². The first-order chi connectivity index (χ1) is 12.8. The molecule has 0 unspecified atom stereocenters. The first-order valence-corrected chi connectivity index (χ1v) is 10.4. The number of aryl methyl sites for hydroxylation is 3. The van der Waals surface area contributed by atoms with Gasteiger partial charge in [-0.1, -0.05) is 22.8 Å². The number of anilines is 1. The zero-order chi connectivity index (χ0) is 19.3. The normalized spacial score (nSPS) is 14.5. The topological polar surface area (TPSA) is 101 Å². The summed E-state index contributed by atoms with van der Waals surface area (Å²) < 4.78 is 34.2. The number of nitrogens with zero attached hydrogens (tertiary/aromatic N) is 2. The second kappa shape index (κ2) is 6.38. The number of nitrogens with one attached hydrogen (secondary N) is 2. The van der Waals surface area contributed by atoms with E-state index >= 15 is 0 Å². The van der Waals surface area contributed by atoms with Crippen molar-refractivity contribution in [2.24, 2.45) is 0 Å². The molecule has 2 aromatic heterocycles. The molecule has 7 nitrogen and oxygen atoms in total. The molecular formula is C18H19ClN4O3S. The Kier molecular flexibility index (Phi) is 4.27. The Morgan fingerprint density at radius 3 is 2.63 bits per heavy atom. The van der Waals surface area contributed by atoms with Gasteiger partial charge in [0.1, 0.15) is 4.90 Å². The zero-order valence-electron chi connectivity index (χ0n) is 15.1. The van der Waals surface area contributed by atoms with Crippen LogP contribution in [0.4, 0.5) is 5.69 Å². The molecule has 27 heavy (non-hydrogen) atoms. The van der Waals surface area contributed by atoms with E-state index in [2.05, 4.69) is 19.8 Å². The predicted molar refractivity (Wildman–Crippen MR) is 103 cm³/mol. The number of aromatic nitrogens is 3. The molecule has 9 heteroatoms. The van der Waals surface area contributed by atoms with Crippen LogP contribution in [0.25, 0.3) is 11.5 Å². The number of sulfonamides is 1. The monoisotopic (exact) mass is 406 g/mol. The maximum Gasteiger partial charge on any atom is 0.264 e. The van der Waals surface area contributed by atoms with Crippen LogP contribution in [0.1, 0.15) is 41.5 Å². The quantitative estimate of drug-likeness (QED) is 0.657. The molecule has 1 saturated carbocycles. The summed E-state index contributed by atoms with van der Waals surface area (Å²) in [6, 6.07) is 5.02. The number of rotatable bonds is 5. The van der Waals surface area contributed by atoms with E-state index in [0.29, 0.717) is 39.4 Å². The summed E-state index contributed by atoms with van der Waals surface area (Å²) in [4.78, 5) is 7.58. The molecule has 0 spiro atoms. The van der Waals surface area contributed by atoms with E-state index in [-0.39, 0.29) is 10.8 Å². The zero-order valence-corrected chi connectivity index (χ0v) is 16.7. The Labute approximate surface area is 162 Å². The van der Waals surface area contributed by atoms with Crippen LogP contribution in [0.15, 0.2) is 27.6 Å². The standard InChI is InChI=1S/C18H19ClN4O3S/c1-9-4-7-13(8-14(9)19)23-27(24,25)16-11(3)20-10(2)15(16)18-21-17(22-26-18)12-5-6-12/h4,7-8,12,20,23H,5-6H2,1-3H3. The minimum atomic E-state index is -3.89. The second-order valence-electron chi connectivity index (χ2n) is 6.88. The van der Waals surface area contributed by atoms with E-state index in [9.17, 15) is 8.42 Å². The number of H-pyrrole nitrogens is 1. The van der Waals surface area contributed by atoms with Gasteiger partial charge in [0.25, 0.3) is 15.9 Å². The maximum atomic E-state index is 13.1. The van der Waals surface area contributed by atoms with Crippen LogP contribution in [-0.4, -0.2) is 23.5 Å².